The second kappa shape index (κ2) is 27.7. The van der Waals surface area contributed by atoms with E-state index in [-0.39, 0.29) is 18.5 Å². The van der Waals surface area contributed by atoms with E-state index in [9.17, 15) is 9.59 Å². The fraction of sp³-hybridized carbons (Fsp3) is 0.750. The van der Waals surface area contributed by atoms with E-state index in [1.54, 1.807) is 0 Å². The highest BCUT2D eigenvalue weighted by molar-refractivity contribution is 5.69. The van der Waals surface area contributed by atoms with Crippen LogP contribution in [-0.2, 0) is 14.3 Å². The molecule has 0 spiro atoms. The molecule has 1 N–H and O–H groups in total. The average molecular weight is 505 g/mol. The number of carbonyl (C=O) groups is 2. The lowest BCUT2D eigenvalue weighted by molar-refractivity contribution is -0.150. The minimum absolute atomic E-state index is 0.00149. The predicted molar refractivity (Wildman–Crippen MR) is 153 cm³/mol. The van der Waals surface area contributed by atoms with E-state index in [1.165, 1.54) is 44.9 Å². The highest BCUT2D eigenvalue weighted by atomic mass is 16.5. The molecular formula is C32H56O4. The zero-order chi connectivity index (χ0) is 26.5. The molecule has 1 atom stereocenters. The molecule has 4 nitrogen and oxygen atoms in total. The van der Waals surface area contributed by atoms with Crippen LogP contribution < -0.4 is 0 Å². The molecule has 0 aromatic rings. The van der Waals surface area contributed by atoms with Gasteiger partial charge in [0.2, 0.25) is 0 Å². The maximum Gasteiger partial charge on any atom is 0.306 e. The van der Waals surface area contributed by atoms with E-state index in [1.807, 2.05) is 0 Å². The summed E-state index contributed by atoms with van der Waals surface area (Å²) in [5.41, 5.74) is 0. The van der Waals surface area contributed by atoms with Crippen molar-refractivity contribution in [2.24, 2.45) is 0 Å². The van der Waals surface area contributed by atoms with Crippen molar-refractivity contribution in [2.45, 2.75) is 155 Å². The third-order valence-electron chi connectivity index (χ3n) is 6.38. The summed E-state index contributed by atoms with van der Waals surface area (Å²) in [7, 11) is 0. The predicted octanol–water partition coefficient (Wildman–Crippen LogP) is 9.88. The summed E-state index contributed by atoms with van der Waals surface area (Å²) in [5.74, 6) is -0.787. The number of aliphatic carboxylic acids is 1. The Labute approximate surface area is 222 Å². The number of carboxylic acids is 1. The van der Waals surface area contributed by atoms with Crippen LogP contribution in [0, 0.1) is 0 Å². The monoisotopic (exact) mass is 504 g/mol. The zero-order valence-corrected chi connectivity index (χ0v) is 23.6. The number of carbonyl (C=O) groups excluding carboxylic acids is 1. The van der Waals surface area contributed by atoms with Crippen molar-refractivity contribution in [3.63, 3.8) is 0 Å². The molecule has 0 aliphatic carbocycles. The molecule has 0 aromatic carbocycles. The maximum atomic E-state index is 12.4. The lowest BCUT2D eigenvalue weighted by atomic mass is 10.0. The Balaban J connectivity index is 3.90. The van der Waals surface area contributed by atoms with Gasteiger partial charge in [0.25, 0.3) is 0 Å². The molecule has 0 amide bonds. The molecule has 4 heteroatoms. The van der Waals surface area contributed by atoms with Crippen LogP contribution in [-0.4, -0.2) is 23.1 Å². The van der Waals surface area contributed by atoms with Crippen LogP contribution in [0.25, 0.3) is 0 Å². The molecule has 0 rings (SSSR count). The summed E-state index contributed by atoms with van der Waals surface area (Å²) < 4.78 is 5.83. The highest BCUT2D eigenvalue weighted by Gasteiger charge is 2.14. The Hall–Kier alpha value is -1.84. The van der Waals surface area contributed by atoms with E-state index in [0.717, 1.165) is 70.6 Å². The van der Waals surface area contributed by atoms with Gasteiger partial charge in [0, 0.05) is 12.8 Å². The summed E-state index contributed by atoms with van der Waals surface area (Å²) in [6, 6.07) is 0. The van der Waals surface area contributed by atoms with Crippen molar-refractivity contribution < 1.29 is 19.4 Å². The number of esters is 1. The minimum Gasteiger partial charge on any atom is -0.481 e. The van der Waals surface area contributed by atoms with Crippen LogP contribution in [0.4, 0.5) is 0 Å². The third-order valence-corrected chi connectivity index (χ3v) is 6.38. The molecule has 0 aliphatic rings. The Morgan fingerprint density at radius 2 is 1.17 bits per heavy atom. The topological polar surface area (TPSA) is 63.6 Å². The SMILES string of the molecule is CC/C=C\C/C=C\C/C=C\CCCCCCCC(=O)OC(CCCCCCC)CCCCCC(=O)O. The Bertz CT molecular complexity index is 591. The first-order chi connectivity index (χ1) is 17.6. The molecule has 36 heavy (non-hydrogen) atoms. The molecular weight excluding hydrogens is 448 g/mol. The van der Waals surface area contributed by atoms with Crippen molar-refractivity contribution >= 4 is 11.9 Å². The number of ether oxygens (including phenoxy) is 1. The van der Waals surface area contributed by atoms with Gasteiger partial charge < -0.3 is 9.84 Å². The van der Waals surface area contributed by atoms with E-state index in [0.29, 0.717) is 12.8 Å². The van der Waals surface area contributed by atoms with Crippen molar-refractivity contribution in [1.29, 1.82) is 0 Å². The molecule has 0 aliphatic heterocycles. The summed E-state index contributed by atoms with van der Waals surface area (Å²) in [6.07, 6.45) is 34.4. The molecule has 0 heterocycles. The second-order valence-electron chi connectivity index (χ2n) is 9.91. The van der Waals surface area contributed by atoms with Gasteiger partial charge in [-0.3, -0.25) is 9.59 Å². The van der Waals surface area contributed by atoms with Gasteiger partial charge in [-0.15, -0.1) is 0 Å². The normalized spacial score (nSPS) is 12.7. The molecule has 0 saturated heterocycles. The lowest BCUT2D eigenvalue weighted by Gasteiger charge is -2.18. The van der Waals surface area contributed by atoms with Crippen LogP contribution in [0.15, 0.2) is 36.5 Å². The smallest absolute Gasteiger partial charge is 0.306 e. The molecule has 1 unspecified atom stereocenters. The summed E-state index contributed by atoms with van der Waals surface area (Å²) >= 11 is 0. The van der Waals surface area contributed by atoms with Crippen molar-refractivity contribution in [2.75, 3.05) is 0 Å². The van der Waals surface area contributed by atoms with Gasteiger partial charge in [0.05, 0.1) is 0 Å². The van der Waals surface area contributed by atoms with Crippen molar-refractivity contribution in [3.8, 4) is 0 Å². The van der Waals surface area contributed by atoms with Crippen LogP contribution in [0.2, 0.25) is 0 Å². The Morgan fingerprint density at radius 3 is 1.83 bits per heavy atom. The number of carboxylic acid groups (broad SMARTS) is 1. The first kappa shape index (κ1) is 34.2. The van der Waals surface area contributed by atoms with Crippen LogP contribution >= 0.6 is 0 Å². The Kier molecular flexibility index (Phi) is 26.3. The third kappa shape index (κ3) is 26.8. The molecule has 0 aromatic heterocycles. The minimum atomic E-state index is -0.732. The summed E-state index contributed by atoms with van der Waals surface area (Å²) in [4.78, 5) is 23.1. The van der Waals surface area contributed by atoms with E-state index < -0.39 is 5.97 Å². The maximum absolute atomic E-state index is 12.4. The highest BCUT2D eigenvalue weighted by Crippen LogP contribution is 2.17. The number of hydrogen-bond acceptors (Lipinski definition) is 3. The first-order valence-corrected chi connectivity index (χ1v) is 15.0. The van der Waals surface area contributed by atoms with Gasteiger partial charge in [-0.1, -0.05) is 102 Å². The summed E-state index contributed by atoms with van der Waals surface area (Å²) in [6.45, 7) is 4.37. The van der Waals surface area contributed by atoms with E-state index >= 15 is 0 Å². The molecule has 0 radical (unpaired) electrons. The van der Waals surface area contributed by atoms with Gasteiger partial charge in [0.15, 0.2) is 0 Å². The number of hydrogen-bond donors (Lipinski definition) is 1. The van der Waals surface area contributed by atoms with Crippen molar-refractivity contribution in [1.82, 2.24) is 0 Å². The molecule has 0 bridgehead atoms. The fourth-order valence-corrected chi connectivity index (χ4v) is 4.20. The van der Waals surface area contributed by atoms with Gasteiger partial charge in [-0.25, -0.2) is 0 Å². The standard InChI is InChI=1S/C32H56O4/c1-3-5-7-9-10-11-12-13-14-15-16-17-18-20-25-29-32(35)36-30(26-22-19-8-6-4-2)27-23-21-24-28-31(33)34/h5,7,10-11,13-14,30H,3-4,6,8-9,12,15-29H2,1-2H3,(H,33,34)/b7-5-,11-10-,14-13-. The average Bonchev–Trinajstić information content (AvgIpc) is 2.85. The van der Waals surface area contributed by atoms with Gasteiger partial charge in [0.1, 0.15) is 6.10 Å². The van der Waals surface area contributed by atoms with Crippen LogP contribution in [0.1, 0.15) is 149 Å². The van der Waals surface area contributed by atoms with Gasteiger partial charge in [-0.05, 0) is 70.6 Å². The summed E-state index contributed by atoms with van der Waals surface area (Å²) in [5, 5.41) is 8.78. The first-order valence-electron chi connectivity index (χ1n) is 15.0. The zero-order valence-electron chi connectivity index (χ0n) is 23.6. The number of allylic oxidation sites excluding steroid dienone is 6. The molecule has 0 saturated carbocycles. The Morgan fingerprint density at radius 1 is 0.639 bits per heavy atom. The van der Waals surface area contributed by atoms with E-state index in [2.05, 4.69) is 50.3 Å². The number of unbranched alkanes of at least 4 members (excludes halogenated alkanes) is 11. The largest absolute Gasteiger partial charge is 0.481 e. The van der Waals surface area contributed by atoms with Gasteiger partial charge >= 0.3 is 11.9 Å². The quantitative estimate of drug-likeness (QED) is 0.0723. The number of rotatable bonds is 26. The van der Waals surface area contributed by atoms with Crippen LogP contribution in [0.5, 0.6) is 0 Å². The van der Waals surface area contributed by atoms with E-state index in [4.69, 9.17) is 9.84 Å². The second-order valence-corrected chi connectivity index (χ2v) is 9.91. The lowest BCUT2D eigenvalue weighted by Crippen LogP contribution is -2.18. The van der Waals surface area contributed by atoms with Gasteiger partial charge in [-0.2, -0.15) is 0 Å². The van der Waals surface area contributed by atoms with Crippen LogP contribution in [0.3, 0.4) is 0 Å². The van der Waals surface area contributed by atoms with Crippen molar-refractivity contribution in [3.05, 3.63) is 36.5 Å². The molecule has 208 valence electrons. The fourth-order valence-electron chi connectivity index (χ4n) is 4.20. The molecule has 0 fully saturated rings.